The van der Waals surface area contributed by atoms with Gasteiger partial charge in [-0.05, 0) is 68.3 Å². The molecule has 29 heavy (non-hydrogen) atoms. The summed E-state index contributed by atoms with van der Waals surface area (Å²) >= 11 is 1.24. The van der Waals surface area contributed by atoms with Crippen LogP contribution in [-0.2, 0) is 9.59 Å². The van der Waals surface area contributed by atoms with Crippen molar-refractivity contribution >= 4 is 23.6 Å². The van der Waals surface area contributed by atoms with E-state index in [1.165, 1.54) is 11.8 Å². The molecule has 2 amide bonds. The van der Waals surface area contributed by atoms with Crippen LogP contribution in [0.4, 0.5) is 0 Å². The molecule has 156 valence electrons. The molecule has 1 aromatic carbocycles. The van der Waals surface area contributed by atoms with Crippen molar-refractivity contribution in [2.75, 3.05) is 6.61 Å². The van der Waals surface area contributed by atoms with Gasteiger partial charge in [-0.25, -0.2) is 4.68 Å². The number of aromatic nitrogens is 4. The first-order chi connectivity index (χ1) is 14.0. The molecular formula is C18H24N6O4S. The fourth-order valence-electron chi connectivity index (χ4n) is 2.39. The quantitative estimate of drug-likeness (QED) is 0.463. The second kappa shape index (κ2) is 9.59. The predicted molar refractivity (Wildman–Crippen MR) is 105 cm³/mol. The molecule has 2 N–H and O–H groups in total. The Bertz CT molecular complexity index is 839. The number of amides is 2. The summed E-state index contributed by atoms with van der Waals surface area (Å²) in [5.74, 6) is 0.427. The normalized spacial score (nSPS) is 15.3. The average Bonchev–Trinajstić information content (AvgIpc) is 3.46. The molecule has 1 aliphatic rings. The van der Waals surface area contributed by atoms with E-state index in [0.717, 1.165) is 18.6 Å². The van der Waals surface area contributed by atoms with E-state index in [1.54, 1.807) is 42.8 Å². The first-order valence-electron chi connectivity index (χ1n) is 9.41. The number of ether oxygens (including phenoxy) is 2. The molecule has 2 atom stereocenters. The van der Waals surface area contributed by atoms with Gasteiger partial charge in [0, 0.05) is 0 Å². The standard InChI is InChI=1S/C18H24N6O4S/c1-4-27-14-7-9-15(10-8-14)28-11(2)16(25)19-20-17(26)12(3)29-18-21-22-23-24(18)13-5-6-13/h7-13H,4-6H2,1-3H3,(H,19,25)(H,20,26). The second-order valence-corrected chi connectivity index (χ2v) is 7.85. The van der Waals surface area contributed by atoms with Crippen LogP contribution in [0.15, 0.2) is 29.4 Å². The number of nitrogens with zero attached hydrogens (tertiary/aromatic N) is 4. The fourth-order valence-corrected chi connectivity index (χ4v) is 3.25. The first-order valence-corrected chi connectivity index (χ1v) is 10.3. The van der Waals surface area contributed by atoms with Crippen molar-refractivity contribution in [3.8, 4) is 11.5 Å². The van der Waals surface area contributed by atoms with E-state index in [9.17, 15) is 9.59 Å². The van der Waals surface area contributed by atoms with Gasteiger partial charge in [-0.1, -0.05) is 11.8 Å². The lowest BCUT2D eigenvalue weighted by Crippen LogP contribution is -2.49. The molecule has 2 aromatic rings. The van der Waals surface area contributed by atoms with Crippen LogP contribution in [0.2, 0.25) is 0 Å². The van der Waals surface area contributed by atoms with Crippen LogP contribution in [-0.4, -0.2) is 50.0 Å². The van der Waals surface area contributed by atoms with Crippen molar-refractivity contribution in [2.24, 2.45) is 0 Å². The van der Waals surface area contributed by atoms with Gasteiger partial charge >= 0.3 is 0 Å². The largest absolute Gasteiger partial charge is 0.494 e. The van der Waals surface area contributed by atoms with Gasteiger partial charge in [0.15, 0.2) is 6.10 Å². The van der Waals surface area contributed by atoms with E-state index >= 15 is 0 Å². The van der Waals surface area contributed by atoms with Crippen LogP contribution in [0, 0.1) is 0 Å². The Labute approximate surface area is 172 Å². The third-order valence-electron chi connectivity index (χ3n) is 4.13. The Hall–Kier alpha value is -2.82. The van der Waals surface area contributed by atoms with Crippen molar-refractivity contribution in [1.29, 1.82) is 0 Å². The lowest BCUT2D eigenvalue weighted by molar-refractivity contribution is -0.132. The van der Waals surface area contributed by atoms with E-state index in [1.807, 2.05) is 6.92 Å². The lowest BCUT2D eigenvalue weighted by Gasteiger charge is -2.16. The highest BCUT2D eigenvalue weighted by atomic mass is 32.2. The molecule has 0 aliphatic heterocycles. The van der Waals surface area contributed by atoms with Gasteiger partial charge in [-0.15, -0.1) is 5.10 Å². The van der Waals surface area contributed by atoms with Crippen molar-refractivity contribution in [1.82, 2.24) is 31.1 Å². The smallest absolute Gasteiger partial charge is 0.279 e. The average molecular weight is 420 g/mol. The van der Waals surface area contributed by atoms with Crippen LogP contribution in [0.5, 0.6) is 11.5 Å². The van der Waals surface area contributed by atoms with Gasteiger partial charge in [-0.3, -0.25) is 20.4 Å². The zero-order valence-corrected chi connectivity index (χ0v) is 17.3. The molecule has 1 aromatic heterocycles. The first kappa shape index (κ1) is 20.9. The molecule has 0 saturated heterocycles. The van der Waals surface area contributed by atoms with Crippen LogP contribution >= 0.6 is 11.8 Å². The Morgan fingerprint density at radius 1 is 1.17 bits per heavy atom. The maximum Gasteiger partial charge on any atom is 0.279 e. The van der Waals surface area contributed by atoms with Gasteiger partial charge in [0.05, 0.1) is 17.9 Å². The molecule has 1 aliphatic carbocycles. The van der Waals surface area contributed by atoms with Gasteiger partial charge in [0.25, 0.3) is 11.8 Å². The molecule has 3 rings (SSSR count). The number of tetrazole rings is 1. The molecule has 0 radical (unpaired) electrons. The molecular weight excluding hydrogens is 396 g/mol. The monoisotopic (exact) mass is 420 g/mol. The number of thioether (sulfide) groups is 1. The predicted octanol–water partition coefficient (Wildman–Crippen LogP) is 1.50. The number of carbonyl (C=O) groups excluding carboxylic acids is 2. The summed E-state index contributed by atoms with van der Waals surface area (Å²) in [5, 5.41) is 11.7. The SMILES string of the molecule is CCOc1ccc(OC(C)C(=O)NNC(=O)C(C)Sc2nnnn2C2CC2)cc1. The van der Waals surface area contributed by atoms with E-state index in [0.29, 0.717) is 23.6 Å². The third-order valence-corrected chi connectivity index (χ3v) is 5.18. The van der Waals surface area contributed by atoms with Crippen LogP contribution in [0.1, 0.15) is 39.7 Å². The summed E-state index contributed by atoms with van der Waals surface area (Å²) in [5.41, 5.74) is 4.80. The lowest BCUT2D eigenvalue weighted by atomic mass is 10.3. The maximum absolute atomic E-state index is 12.3. The molecule has 0 spiro atoms. The number of nitrogens with one attached hydrogen (secondary N) is 2. The Balaban J connectivity index is 1.43. The minimum Gasteiger partial charge on any atom is -0.494 e. The van der Waals surface area contributed by atoms with Gasteiger partial charge in [0.1, 0.15) is 11.5 Å². The van der Waals surface area contributed by atoms with E-state index < -0.39 is 17.3 Å². The number of hydrazine groups is 1. The molecule has 1 heterocycles. The highest BCUT2D eigenvalue weighted by Gasteiger charge is 2.29. The van der Waals surface area contributed by atoms with Crippen molar-refractivity contribution in [3.05, 3.63) is 24.3 Å². The summed E-state index contributed by atoms with van der Waals surface area (Å²) in [6.45, 7) is 5.79. The van der Waals surface area contributed by atoms with Crippen LogP contribution in [0.3, 0.4) is 0 Å². The molecule has 11 heteroatoms. The Kier molecular flexibility index (Phi) is 6.91. The Morgan fingerprint density at radius 2 is 1.83 bits per heavy atom. The zero-order valence-electron chi connectivity index (χ0n) is 16.5. The number of benzene rings is 1. The van der Waals surface area contributed by atoms with Gasteiger partial charge < -0.3 is 9.47 Å². The zero-order chi connectivity index (χ0) is 20.8. The minimum absolute atomic E-state index is 0.322. The van der Waals surface area contributed by atoms with E-state index in [4.69, 9.17) is 9.47 Å². The van der Waals surface area contributed by atoms with Gasteiger partial charge in [0.2, 0.25) is 5.16 Å². The summed E-state index contributed by atoms with van der Waals surface area (Å²) in [4.78, 5) is 24.5. The summed E-state index contributed by atoms with van der Waals surface area (Å²) in [6.07, 6.45) is 1.29. The number of hydrogen-bond donors (Lipinski definition) is 2. The Morgan fingerprint density at radius 3 is 2.48 bits per heavy atom. The summed E-state index contributed by atoms with van der Waals surface area (Å²) in [6, 6.07) is 7.29. The van der Waals surface area contributed by atoms with Crippen molar-refractivity contribution in [2.45, 2.75) is 56.2 Å². The fraction of sp³-hybridized carbons (Fsp3) is 0.500. The van der Waals surface area contributed by atoms with Crippen LogP contribution < -0.4 is 20.3 Å². The number of carbonyl (C=O) groups is 2. The molecule has 1 fully saturated rings. The molecule has 10 nitrogen and oxygen atoms in total. The maximum atomic E-state index is 12.3. The van der Waals surface area contributed by atoms with Crippen molar-refractivity contribution < 1.29 is 19.1 Å². The summed E-state index contributed by atoms with van der Waals surface area (Å²) in [7, 11) is 0. The topological polar surface area (TPSA) is 120 Å². The summed E-state index contributed by atoms with van der Waals surface area (Å²) < 4.78 is 12.7. The minimum atomic E-state index is -0.793. The number of rotatable bonds is 9. The number of hydrogen-bond acceptors (Lipinski definition) is 8. The van der Waals surface area contributed by atoms with E-state index in [-0.39, 0.29) is 5.91 Å². The molecule has 2 unspecified atom stereocenters. The van der Waals surface area contributed by atoms with Crippen LogP contribution in [0.25, 0.3) is 0 Å². The highest BCUT2D eigenvalue weighted by molar-refractivity contribution is 8.00. The third kappa shape index (κ3) is 5.83. The molecule has 0 bridgehead atoms. The second-order valence-electron chi connectivity index (χ2n) is 6.54. The van der Waals surface area contributed by atoms with E-state index in [2.05, 4.69) is 26.4 Å². The van der Waals surface area contributed by atoms with Crippen molar-refractivity contribution in [3.63, 3.8) is 0 Å². The van der Waals surface area contributed by atoms with Gasteiger partial charge in [-0.2, -0.15) is 0 Å². The highest BCUT2D eigenvalue weighted by Crippen LogP contribution is 2.37. The molecule has 1 saturated carbocycles.